The maximum Gasteiger partial charge on any atom is 0.270 e. The quantitative estimate of drug-likeness (QED) is 0.0561. The fourth-order valence-electron chi connectivity index (χ4n) is 21.6. The lowest BCUT2D eigenvalue weighted by Gasteiger charge is -2.44. The monoisotopic (exact) mass is 2000 g/mol. The Labute approximate surface area is 860 Å². The number of pyridine rings is 8. The summed E-state index contributed by atoms with van der Waals surface area (Å²) in [6, 6.07) is 68.2. The molecule has 22 heterocycles. The summed E-state index contributed by atoms with van der Waals surface area (Å²) in [6.07, 6.45) is 26.1. The summed E-state index contributed by atoms with van der Waals surface area (Å²) in [5.74, 6) is 0.993. The fraction of sp³-hybridized carbons (Fsp3) is 0.218. The molecule has 7 aromatic carbocycles. The number of benzene rings is 7. The highest BCUT2D eigenvalue weighted by Gasteiger charge is 2.39. The molecule has 150 heavy (non-hydrogen) atoms. The first-order chi connectivity index (χ1) is 73.0. The molecule has 9 fully saturated rings. The van der Waals surface area contributed by atoms with Crippen molar-refractivity contribution < 1.29 is 45.4 Å². The van der Waals surface area contributed by atoms with Gasteiger partial charge in [-0.05, 0) is 362 Å². The number of rotatable bonds is 16. The number of piperidine rings is 9. The van der Waals surface area contributed by atoms with Gasteiger partial charge < -0.3 is 51.2 Å². The molecule has 752 valence electrons. The zero-order chi connectivity index (χ0) is 103. The number of hydrogen-bond donors (Lipinski definition) is 5. The van der Waals surface area contributed by atoms with Gasteiger partial charge in [-0.2, -0.15) is 10.2 Å². The second-order valence-corrected chi connectivity index (χ2v) is 39.4. The molecule has 9 aliphatic rings. The maximum atomic E-state index is 13.8. The fourth-order valence-corrected chi connectivity index (χ4v) is 21.6. The molecule has 0 radical (unpaired) electrons. The van der Waals surface area contributed by atoms with Crippen LogP contribution in [0.25, 0.3) is 151 Å². The number of hydrogen-bond acceptors (Lipinski definition) is 20. The highest BCUT2D eigenvalue weighted by atomic mass is 19.1. The van der Waals surface area contributed by atoms with Crippen molar-refractivity contribution in [3.8, 4) is 112 Å². The third-order valence-corrected chi connectivity index (χ3v) is 29.9. The lowest BCUT2D eigenvalue weighted by atomic mass is 9.84. The minimum atomic E-state index is -0.236. The number of carbonyl (C=O) groups is 3. The molecule has 31 heteroatoms. The first-order valence-electron chi connectivity index (χ1n) is 50.4. The molecule has 7 N–H and O–H groups in total. The summed E-state index contributed by atoms with van der Waals surface area (Å²) in [4.78, 5) is 74.2. The number of fused-ring (bicyclic) bond motifs is 14. The SMILES string of the molecule is Cc1cc(-c2ncccc2-c2ccc3c(N)noc3c2)ccc1F.Cc1cc(-c2ncccc2-c2ccc3ncc(C(=O)N[C@H]4CN5CCC4CC5)n3c2)ccc1F.Cc1cc(-c2ncccc2-c2ccc3onc(N)c3c2)ccc1F.Cc1cc(-c2ncccc2-c2ccn3ncc(C(=O)N[C@@H]4CN5CCC4CC5)c3c2)ccc1F.Cc1cc(-c2ncccc2-c2ccn3ncc(C(=O)N[C@H]4CN5CCC4CC5)c3c2)ccc1F. The molecule has 0 spiro atoms. The van der Waals surface area contributed by atoms with Gasteiger partial charge in [0, 0.05) is 149 Å². The number of anilines is 2. The number of aryl methyl sites for hydroxylation is 5. The first kappa shape index (κ1) is 97.6. The van der Waals surface area contributed by atoms with E-state index in [1.165, 1.54) is 30.3 Å². The number of aromatic nitrogens is 13. The van der Waals surface area contributed by atoms with Crippen molar-refractivity contribution in [2.45, 2.75) is 91.3 Å². The molecule has 20 aromatic rings. The van der Waals surface area contributed by atoms with Gasteiger partial charge in [-0.3, -0.25) is 43.7 Å². The Balaban J connectivity index is 0.000000107. The van der Waals surface area contributed by atoms with E-state index in [9.17, 15) is 36.3 Å². The third kappa shape index (κ3) is 20.2. The first-order valence-corrected chi connectivity index (χ1v) is 50.4. The van der Waals surface area contributed by atoms with Gasteiger partial charge in [0.2, 0.25) is 0 Å². The Kier molecular flexibility index (Phi) is 27.3. The summed E-state index contributed by atoms with van der Waals surface area (Å²) >= 11 is 0. The van der Waals surface area contributed by atoms with Gasteiger partial charge in [0.25, 0.3) is 17.7 Å². The van der Waals surface area contributed by atoms with Crippen molar-refractivity contribution in [1.29, 1.82) is 0 Å². The van der Waals surface area contributed by atoms with Crippen LogP contribution in [-0.2, 0) is 0 Å². The number of amides is 3. The number of nitrogens with one attached hydrogen (secondary N) is 3. The van der Waals surface area contributed by atoms with Crippen LogP contribution in [0.15, 0.2) is 302 Å². The van der Waals surface area contributed by atoms with Crippen molar-refractivity contribution in [3.05, 3.63) is 366 Å². The van der Waals surface area contributed by atoms with Crippen LogP contribution in [0.1, 0.15) is 97.5 Å². The van der Waals surface area contributed by atoms with Crippen LogP contribution in [-0.4, -0.2) is 173 Å². The molecule has 26 nitrogen and oxygen atoms in total. The molecular formula is C119H106F5N21O5. The van der Waals surface area contributed by atoms with Gasteiger partial charge in [0.15, 0.2) is 22.8 Å². The highest BCUT2D eigenvalue weighted by molar-refractivity contribution is 6.03. The van der Waals surface area contributed by atoms with Gasteiger partial charge in [0.05, 0.1) is 80.0 Å². The van der Waals surface area contributed by atoms with Crippen LogP contribution in [0.2, 0.25) is 0 Å². The largest absolute Gasteiger partial charge is 0.380 e. The Morgan fingerprint density at radius 1 is 0.333 bits per heavy atom. The summed E-state index contributed by atoms with van der Waals surface area (Å²) in [5, 5.41) is 27.7. The van der Waals surface area contributed by atoms with E-state index in [-0.39, 0.29) is 64.9 Å². The molecule has 6 bridgehead atoms. The lowest BCUT2D eigenvalue weighted by Crippen LogP contribution is -2.57. The van der Waals surface area contributed by atoms with Gasteiger partial charge >= 0.3 is 0 Å². The Morgan fingerprint density at radius 3 is 1.03 bits per heavy atom. The number of nitrogen functional groups attached to an aromatic ring is 2. The molecule has 3 atom stereocenters. The third-order valence-electron chi connectivity index (χ3n) is 29.9. The highest BCUT2D eigenvalue weighted by Crippen LogP contribution is 2.42. The van der Waals surface area contributed by atoms with Crippen LogP contribution in [0.3, 0.4) is 0 Å². The van der Waals surface area contributed by atoms with E-state index in [0.29, 0.717) is 90.8 Å². The maximum absolute atomic E-state index is 13.8. The normalized spacial score (nSPS) is 18.3. The van der Waals surface area contributed by atoms with E-state index >= 15 is 0 Å². The Hall–Kier alpha value is -17.2. The second-order valence-electron chi connectivity index (χ2n) is 39.4. The van der Waals surface area contributed by atoms with Crippen molar-refractivity contribution in [2.24, 2.45) is 17.8 Å². The predicted octanol–water partition coefficient (Wildman–Crippen LogP) is 22.2. The van der Waals surface area contributed by atoms with Crippen molar-refractivity contribution in [3.63, 3.8) is 0 Å². The topological polar surface area (TPSA) is 317 Å². The summed E-state index contributed by atoms with van der Waals surface area (Å²) in [5.41, 5.74) is 37.1. The summed E-state index contributed by atoms with van der Waals surface area (Å²) in [7, 11) is 0. The minimum Gasteiger partial charge on any atom is -0.380 e. The van der Waals surface area contributed by atoms with Gasteiger partial charge in [-0.25, -0.2) is 36.0 Å². The molecule has 9 aliphatic heterocycles. The Morgan fingerprint density at radius 2 is 0.660 bits per heavy atom. The minimum absolute atomic E-state index is 0.0773. The van der Waals surface area contributed by atoms with E-state index in [1.807, 2.05) is 175 Å². The van der Waals surface area contributed by atoms with Crippen molar-refractivity contribution in [1.82, 2.24) is 94.5 Å². The molecule has 9 saturated heterocycles. The van der Waals surface area contributed by atoms with Crippen LogP contribution in [0.4, 0.5) is 33.6 Å². The molecule has 13 aromatic heterocycles. The van der Waals surface area contributed by atoms with E-state index < -0.39 is 0 Å². The number of carbonyl (C=O) groups excluding carboxylic acids is 3. The molecule has 0 aliphatic carbocycles. The van der Waals surface area contributed by atoms with E-state index in [2.05, 4.69) is 81.1 Å². The smallest absolute Gasteiger partial charge is 0.270 e. The van der Waals surface area contributed by atoms with Crippen molar-refractivity contribution >= 4 is 68.0 Å². The molecule has 0 saturated carbocycles. The van der Waals surface area contributed by atoms with Gasteiger partial charge in [-0.1, -0.05) is 52.8 Å². The van der Waals surface area contributed by atoms with Gasteiger partial charge in [0.1, 0.15) is 40.4 Å². The lowest BCUT2D eigenvalue weighted by molar-refractivity contribution is 0.0615. The summed E-state index contributed by atoms with van der Waals surface area (Å²) in [6.45, 7) is 18.3. The zero-order valence-corrected chi connectivity index (χ0v) is 83.0. The summed E-state index contributed by atoms with van der Waals surface area (Å²) < 4.78 is 84.4. The zero-order valence-electron chi connectivity index (χ0n) is 83.0. The predicted molar refractivity (Wildman–Crippen MR) is 570 cm³/mol. The second kappa shape index (κ2) is 42.0. The molecular weight excluding hydrogens is 1900 g/mol. The van der Waals surface area contributed by atoms with Gasteiger partial charge in [-0.15, -0.1) is 0 Å². The molecule has 29 rings (SSSR count). The molecule has 3 amide bonds. The average molecular weight is 2010 g/mol. The average Bonchev–Trinajstić information content (AvgIpc) is 1.71. The number of nitrogens with zero attached hydrogens (tertiary/aromatic N) is 16. The Bertz CT molecular complexity index is 8040. The van der Waals surface area contributed by atoms with Crippen LogP contribution in [0, 0.1) is 81.5 Å². The van der Waals surface area contributed by atoms with Crippen molar-refractivity contribution in [2.75, 3.05) is 70.4 Å². The number of halogens is 5. The van der Waals surface area contributed by atoms with E-state index in [0.717, 1.165) is 231 Å². The number of nitrogens with two attached hydrogens (primary N) is 2. The van der Waals surface area contributed by atoms with E-state index in [4.69, 9.17) is 20.5 Å². The van der Waals surface area contributed by atoms with Crippen LogP contribution in [0.5, 0.6) is 0 Å². The van der Waals surface area contributed by atoms with E-state index in [1.54, 1.807) is 136 Å². The number of imidazole rings is 1. The standard InChI is InChI=1S/3C27H26FN5O.2C19H14FN3O/c1-17-13-19(4-6-22(17)28)26-21(3-2-10-29-26)20-5-7-25-30-14-24(33(25)15-20)27(34)31-23-16-32-11-8-18(23)9-12-32;2*1-17-13-20(4-5-23(17)28)26-21(3-2-9-29-26)19-8-12-33-25(14-19)22(15-30-33)27(34)31-24-16-32-10-6-18(24)7-11-32;1-11-9-13(4-6-16(11)20)18-14(3-2-8-22-18)12-5-7-17-15(10-12)19(21)23-24-17;1-11-9-13(5-7-16(11)20)18-14(3-2-8-22-18)12-4-6-15-17(10-12)24-23-19(15)21/h2-7,10,13-15,18,23H,8-9,11-12,16H2,1H3,(H,31,34);2*2-5,8-9,12-15,18,24H,6-7,10-11,16H2,1H3,(H,31,34);2*2-10H,1H3,(H2,21,23)/t23-;2*24-;;/m010../s1. The van der Waals surface area contributed by atoms with Crippen LogP contribution < -0.4 is 27.4 Å². The van der Waals surface area contributed by atoms with Crippen LogP contribution >= 0.6 is 0 Å². The molecule has 0 unspecified atom stereocenters.